The second kappa shape index (κ2) is 8.46. The molecule has 156 valence electrons. The Hall–Kier alpha value is -2.27. The molecule has 0 unspecified atom stereocenters. The van der Waals surface area contributed by atoms with Gasteiger partial charge in [-0.15, -0.1) is 11.8 Å². The highest BCUT2D eigenvalue weighted by atomic mass is 32.2. The zero-order valence-electron chi connectivity index (χ0n) is 17.1. The largest absolute Gasteiger partial charge is 0.349 e. The molecular formula is C25H28N2O2S. The number of thioether (sulfide) groups is 1. The van der Waals surface area contributed by atoms with Gasteiger partial charge in [0.1, 0.15) is 5.37 Å². The summed E-state index contributed by atoms with van der Waals surface area (Å²) < 4.78 is 0. The lowest BCUT2D eigenvalue weighted by Gasteiger charge is -2.25. The van der Waals surface area contributed by atoms with Crippen LogP contribution in [0.4, 0.5) is 0 Å². The van der Waals surface area contributed by atoms with Gasteiger partial charge >= 0.3 is 0 Å². The standard InChI is InChI=1S/C25H28N2O2S/c28-23-16-30-25(27(23)13-12-17-4-2-1-3-5-17)20-10-8-19(9-11-20)24(29)26-22-15-18-6-7-21(22)14-18/h1-5,8-11,18,21-22,25H,6-7,12-16H2,(H,26,29)/t18-,21+,22+,25-/m0/s1. The van der Waals surface area contributed by atoms with Gasteiger partial charge in [0.15, 0.2) is 0 Å². The number of amides is 2. The topological polar surface area (TPSA) is 49.4 Å². The van der Waals surface area contributed by atoms with Crippen LogP contribution in [0.3, 0.4) is 0 Å². The highest BCUT2D eigenvalue weighted by Crippen LogP contribution is 2.44. The number of carbonyl (C=O) groups excluding carboxylic acids is 2. The van der Waals surface area contributed by atoms with Gasteiger partial charge in [0.05, 0.1) is 5.75 Å². The van der Waals surface area contributed by atoms with Crippen molar-refractivity contribution in [1.82, 2.24) is 10.2 Å². The molecule has 0 aromatic heterocycles. The van der Waals surface area contributed by atoms with E-state index in [0.29, 0.717) is 29.8 Å². The molecule has 1 heterocycles. The van der Waals surface area contributed by atoms with E-state index in [1.165, 1.54) is 24.8 Å². The van der Waals surface area contributed by atoms with Crippen molar-refractivity contribution in [3.63, 3.8) is 0 Å². The van der Waals surface area contributed by atoms with Crippen LogP contribution < -0.4 is 5.32 Å². The fourth-order valence-corrected chi connectivity index (χ4v) is 6.56. The monoisotopic (exact) mass is 420 g/mol. The van der Waals surface area contributed by atoms with E-state index in [1.807, 2.05) is 47.4 Å². The Morgan fingerprint density at radius 3 is 2.53 bits per heavy atom. The lowest BCUT2D eigenvalue weighted by atomic mass is 9.95. The smallest absolute Gasteiger partial charge is 0.251 e. The minimum atomic E-state index is 0.0314. The predicted molar refractivity (Wildman–Crippen MR) is 120 cm³/mol. The lowest BCUT2D eigenvalue weighted by Crippen LogP contribution is -2.38. The van der Waals surface area contributed by atoms with Gasteiger partial charge in [-0.05, 0) is 60.8 Å². The van der Waals surface area contributed by atoms with Crippen LogP contribution in [0.25, 0.3) is 0 Å². The second-order valence-corrected chi connectivity index (χ2v) is 9.93. The van der Waals surface area contributed by atoms with Crippen LogP contribution in [0.5, 0.6) is 0 Å². The van der Waals surface area contributed by atoms with E-state index in [1.54, 1.807) is 11.8 Å². The Bertz CT molecular complexity index is 915. The van der Waals surface area contributed by atoms with Crippen LogP contribution in [-0.2, 0) is 11.2 Å². The summed E-state index contributed by atoms with van der Waals surface area (Å²) in [7, 11) is 0. The van der Waals surface area contributed by atoms with E-state index in [4.69, 9.17) is 0 Å². The van der Waals surface area contributed by atoms with Crippen LogP contribution in [0.1, 0.15) is 52.5 Å². The third-order valence-corrected chi connectivity index (χ3v) is 8.22. The Morgan fingerprint density at radius 1 is 1.03 bits per heavy atom. The number of fused-ring (bicyclic) bond motifs is 2. The molecule has 4 atom stereocenters. The maximum absolute atomic E-state index is 12.7. The lowest BCUT2D eigenvalue weighted by molar-refractivity contribution is -0.128. The summed E-state index contributed by atoms with van der Waals surface area (Å²) in [6.07, 6.45) is 5.89. The summed E-state index contributed by atoms with van der Waals surface area (Å²) in [5, 5.41) is 3.29. The first-order valence-electron chi connectivity index (χ1n) is 11.0. The fourth-order valence-electron chi connectivity index (χ4n) is 5.34. The molecule has 1 aliphatic heterocycles. The van der Waals surface area contributed by atoms with Crippen LogP contribution in [0.2, 0.25) is 0 Å². The molecule has 3 aliphatic rings. The minimum absolute atomic E-state index is 0.0314. The zero-order valence-corrected chi connectivity index (χ0v) is 17.9. The van der Waals surface area contributed by atoms with Crippen molar-refractivity contribution < 1.29 is 9.59 Å². The Balaban J connectivity index is 1.22. The first kappa shape index (κ1) is 19.7. The number of hydrogen-bond acceptors (Lipinski definition) is 3. The van der Waals surface area contributed by atoms with E-state index in [2.05, 4.69) is 17.4 Å². The Kier molecular flexibility index (Phi) is 5.55. The van der Waals surface area contributed by atoms with Gasteiger partial charge in [0, 0.05) is 18.2 Å². The molecule has 2 aromatic carbocycles. The van der Waals surface area contributed by atoms with Crippen molar-refractivity contribution in [2.75, 3.05) is 12.3 Å². The van der Waals surface area contributed by atoms with Crippen molar-refractivity contribution in [2.45, 2.75) is 43.5 Å². The number of benzene rings is 2. The summed E-state index contributed by atoms with van der Waals surface area (Å²) in [6.45, 7) is 0.715. The van der Waals surface area contributed by atoms with Gasteiger partial charge in [-0.3, -0.25) is 9.59 Å². The highest BCUT2D eigenvalue weighted by molar-refractivity contribution is 8.00. The van der Waals surface area contributed by atoms with Crippen molar-refractivity contribution in [3.05, 3.63) is 71.3 Å². The third kappa shape index (κ3) is 4.00. The average molecular weight is 421 g/mol. The van der Waals surface area contributed by atoms with Crippen molar-refractivity contribution in [1.29, 1.82) is 0 Å². The molecule has 1 N–H and O–H groups in total. The summed E-state index contributed by atoms with van der Waals surface area (Å²) in [4.78, 5) is 27.1. The summed E-state index contributed by atoms with van der Waals surface area (Å²) in [5.41, 5.74) is 3.05. The normalized spacial score (nSPS) is 27.6. The maximum Gasteiger partial charge on any atom is 0.251 e. The average Bonchev–Trinajstić information content (AvgIpc) is 3.49. The fraction of sp³-hybridized carbons (Fsp3) is 0.440. The minimum Gasteiger partial charge on any atom is -0.349 e. The first-order chi connectivity index (χ1) is 14.7. The van der Waals surface area contributed by atoms with E-state index < -0.39 is 0 Å². The van der Waals surface area contributed by atoms with Gasteiger partial charge in [0.25, 0.3) is 5.91 Å². The molecule has 5 rings (SSSR count). The number of nitrogens with one attached hydrogen (secondary N) is 1. The molecule has 0 radical (unpaired) electrons. The molecule has 5 heteroatoms. The first-order valence-corrected chi connectivity index (χ1v) is 12.1. The van der Waals surface area contributed by atoms with Gasteiger partial charge in [-0.25, -0.2) is 0 Å². The molecule has 2 aliphatic carbocycles. The molecule has 2 saturated carbocycles. The van der Waals surface area contributed by atoms with Crippen LogP contribution in [-0.4, -0.2) is 35.1 Å². The van der Waals surface area contributed by atoms with Crippen LogP contribution in [0, 0.1) is 11.8 Å². The van der Waals surface area contributed by atoms with Gasteiger partial charge in [-0.1, -0.05) is 48.9 Å². The van der Waals surface area contributed by atoms with Crippen molar-refractivity contribution in [2.24, 2.45) is 11.8 Å². The molecule has 2 aromatic rings. The maximum atomic E-state index is 12.7. The summed E-state index contributed by atoms with van der Waals surface area (Å²) in [6, 6.07) is 18.5. The molecule has 4 nitrogen and oxygen atoms in total. The number of nitrogens with zero attached hydrogens (tertiary/aromatic N) is 1. The van der Waals surface area contributed by atoms with Crippen molar-refractivity contribution >= 4 is 23.6 Å². The van der Waals surface area contributed by atoms with E-state index in [-0.39, 0.29) is 17.2 Å². The molecule has 3 fully saturated rings. The van der Waals surface area contributed by atoms with Gasteiger partial charge in [-0.2, -0.15) is 0 Å². The van der Waals surface area contributed by atoms with Crippen LogP contribution >= 0.6 is 11.8 Å². The molecule has 2 bridgehead atoms. The van der Waals surface area contributed by atoms with E-state index in [9.17, 15) is 9.59 Å². The van der Waals surface area contributed by atoms with Crippen molar-refractivity contribution in [3.8, 4) is 0 Å². The van der Waals surface area contributed by atoms with Gasteiger partial charge in [0.2, 0.25) is 5.91 Å². The quantitative estimate of drug-likeness (QED) is 0.753. The molecule has 2 amide bonds. The number of carbonyl (C=O) groups is 2. The molecule has 30 heavy (non-hydrogen) atoms. The second-order valence-electron chi connectivity index (χ2n) is 8.86. The number of hydrogen-bond donors (Lipinski definition) is 1. The molecule has 1 saturated heterocycles. The van der Waals surface area contributed by atoms with Gasteiger partial charge < -0.3 is 10.2 Å². The molecule has 0 spiro atoms. The SMILES string of the molecule is O=C(N[C@@H]1C[C@H]2CC[C@@H]1C2)c1ccc([C@@H]2SCC(=O)N2CCc2ccccc2)cc1. The Morgan fingerprint density at radius 2 is 1.83 bits per heavy atom. The van der Waals surface area contributed by atoms with E-state index in [0.717, 1.165) is 24.3 Å². The predicted octanol–water partition coefficient (Wildman–Crippen LogP) is 4.42. The highest BCUT2D eigenvalue weighted by Gasteiger charge is 2.40. The van der Waals surface area contributed by atoms with E-state index >= 15 is 0 Å². The zero-order chi connectivity index (χ0) is 20.5. The summed E-state index contributed by atoms with van der Waals surface area (Å²) >= 11 is 1.67. The third-order valence-electron chi connectivity index (χ3n) is 6.96. The van der Waals surface area contributed by atoms with Crippen LogP contribution in [0.15, 0.2) is 54.6 Å². The molecular weight excluding hydrogens is 392 g/mol. The Labute approximate surface area is 182 Å². The number of rotatable bonds is 6. The summed E-state index contributed by atoms with van der Waals surface area (Å²) in [5.74, 6) is 2.25.